The van der Waals surface area contributed by atoms with Gasteiger partial charge in [0.05, 0.1) is 17.7 Å². The Labute approximate surface area is 98.1 Å². The Hall–Kier alpha value is -1.26. The van der Waals surface area contributed by atoms with Gasteiger partial charge in [-0.15, -0.1) is 11.8 Å². The minimum atomic E-state index is -0.372. The van der Waals surface area contributed by atoms with Gasteiger partial charge in [-0.3, -0.25) is 0 Å². The lowest BCUT2D eigenvalue weighted by molar-refractivity contribution is 0.170. The first-order chi connectivity index (χ1) is 7.84. The van der Waals surface area contributed by atoms with E-state index in [1.807, 2.05) is 29.0 Å². The van der Waals surface area contributed by atoms with Crippen molar-refractivity contribution in [3.63, 3.8) is 0 Å². The van der Waals surface area contributed by atoms with Crippen LogP contribution in [0.25, 0.3) is 0 Å². The monoisotopic (exact) mass is 232 g/mol. The van der Waals surface area contributed by atoms with Crippen LogP contribution >= 0.6 is 11.8 Å². The Bertz CT molecular complexity index is 482. The van der Waals surface area contributed by atoms with Gasteiger partial charge >= 0.3 is 0 Å². The maximum absolute atomic E-state index is 10.2. The number of benzene rings is 1. The number of imidazole rings is 1. The molecule has 1 aromatic heterocycles. The minimum absolute atomic E-state index is 0.187. The molecule has 1 N–H and O–H groups in total. The standard InChI is InChI=1S/C12H12N2OS/c15-12-9-3-1-2-4-10(9)16-11(12)7-14-6-5-13-8-14/h1-6,8,11-12,15H,7H2. The number of aromatic nitrogens is 2. The van der Waals surface area contributed by atoms with Crippen molar-refractivity contribution in [2.24, 2.45) is 0 Å². The highest BCUT2D eigenvalue weighted by molar-refractivity contribution is 8.00. The summed E-state index contributed by atoms with van der Waals surface area (Å²) in [5.41, 5.74) is 1.05. The zero-order chi connectivity index (χ0) is 11.0. The first kappa shape index (κ1) is 9.93. The second-order valence-corrected chi connectivity index (χ2v) is 5.18. The minimum Gasteiger partial charge on any atom is -0.387 e. The summed E-state index contributed by atoms with van der Waals surface area (Å²) in [4.78, 5) is 5.21. The van der Waals surface area contributed by atoms with Gasteiger partial charge in [0.15, 0.2) is 0 Å². The fourth-order valence-corrected chi connectivity index (χ4v) is 3.33. The van der Waals surface area contributed by atoms with E-state index in [0.717, 1.165) is 12.1 Å². The number of aliphatic hydroxyl groups is 1. The van der Waals surface area contributed by atoms with Gasteiger partial charge in [0, 0.05) is 23.8 Å². The topological polar surface area (TPSA) is 38.0 Å². The summed E-state index contributed by atoms with van der Waals surface area (Å²) in [6, 6.07) is 8.05. The van der Waals surface area contributed by atoms with E-state index in [0.29, 0.717) is 0 Å². The normalized spacial score (nSPS) is 23.3. The predicted molar refractivity (Wildman–Crippen MR) is 63.3 cm³/mol. The Balaban J connectivity index is 1.82. The van der Waals surface area contributed by atoms with Gasteiger partial charge in [-0.25, -0.2) is 4.98 Å². The summed E-state index contributed by atoms with van der Waals surface area (Å²) < 4.78 is 2.01. The van der Waals surface area contributed by atoms with E-state index < -0.39 is 0 Å². The van der Waals surface area contributed by atoms with Gasteiger partial charge in [0.25, 0.3) is 0 Å². The third kappa shape index (κ3) is 1.64. The molecule has 2 heterocycles. The van der Waals surface area contributed by atoms with Crippen molar-refractivity contribution < 1.29 is 5.11 Å². The van der Waals surface area contributed by atoms with E-state index in [2.05, 4.69) is 11.1 Å². The SMILES string of the molecule is OC1c2ccccc2SC1Cn1ccnc1. The highest BCUT2D eigenvalue weighted by Crippen LogP contribution is 2.44. The first-order valence-electron chi connectivity index (χ1n) is 5.24. The Morgan fingerprint density at radius 2 is 2.25 bits per heavy atom. The lowest BCUT2D eigenvalue weighted by atomic mass is 10.1. The fraction of sp³-hybridized carbons (Fsp3) is 0.250. The summed E-state index contributed by atoms with van der Waals surface area (Å²) >= 11 is 1.74. The van der Waals surface area contributed by atoms with Crippen LogP contribution in [-0.4, -0.2) is 19.9 Å². The number of nitrogens with zero attached hydrogens (tertiary/aromatic N) is 2. The van der Waals surface area contributed by atoms with Gasteiger partial charge in [-0.1, -0.05) is 18.2 Å². The second kappa shape index (κ2) is 3.96. The molecule has 4 heteroatoms. The van der Waals surface area contributed by atoms with Crippen molar-refractivity contribution in [3.8, 4) is 0 Å². The Morgan fingerprint density at radius 3 is 3.00 bits per heavy atom. The molecule has 1 aromatic carbocycles. The van der Waals surface area contributed by atoms with Crippen molar-refractivity contribution >= 4 is 11.8 Å². The largest absolute Gasteiger partial charge is 0.387 e. The lowest BCUT2D eigenvalue weighted by Crippen LogP contribution is -2.16. The molecule has 2 unspecified atom stereocenters. The molecule has 1 aliphatic rings. The quantitative estimate of drug-likeness (QED) is 0.861. The number of hydrogen-bond donors (Lipinski definition) is 1. The molecular formula is C12H12N2OS. The molecule has 82 valence electrons. The third-order valence-electron chi connectivity index (χ3n) is 2.82. The molecule has 2 aromatic rings. The molecule has 16 heavy (non-hydrogen) atoms. The van der Waals surface area contributed by atoms with Crippen LogP contribution in [0.4, 0.5) is 0 Å². The molecular weight excluding hydrogens is 220 g/mol. The zero-order valence-corrected chi connectivity index (χ0v) is 9.47. The van der Waals surface area contributed by atoms with Gasteiger partial charge in [0.2, 0.25) is 0 Å². The molecule has 0 saturated carbocycles. The number of thioether (sulfide) groups is 1. The molecule has 0 fully saturated rings. The summed E-state index contributed by atoms with van der Waals surface area (Å²) in [7, 11) is 0. The van der Waals surface area contributed by atoms with Gasteiger partial charge < -0.3 is 9.67 Å². The second-order valence-electron chi connectivity index (χ2n) is 3.90. The van der Waals surface area contributed by atoms with Crippen molar-refractivity contribution in [3.05, 3.63) is 48.5 Å². The Kier molecular flexibility index (Phi) is 2.46. The molecule has 0 aliphatic carbocycles. The maximum Gasteiger partial charge on any atom is 0.0946 e. The number of fused-ring (bicyclic) bond motifs is 1. The van der Waals surface area contributed by atoms with Crippen LogP contribution in [0.5, 0.6) is 0 Å². The molecule has 0 spiro atoms. The van der Waals surface area contributed by atoms with Crippen molar-refractivity contribution in [2.75, 3.05) is 0 Å². The molecule has 0 saturated heterocycles. The summed E-state index contributed by atoms with van der Waals surface area (Å²) in [6.45, 7) is 0.792. The fourth-order valence-electron chi connectivity index (χ4n) is 2.00. The van der Waals surface area contributed by atoms with Gasteiger partial charge in [-0.05, 0) is 11.6 Å². The van der Waals surface area contributed by atoms with E-state index in [-0.39, 0.29) is 11.4 Å². The molecule has 3 nitrogen and oxygen atoms in total. The average molecular weight is 232 g/mol. The van der Waals surface area contributed by atoms with Crippen molar-refractivity contribution in [1.82, 2.24) is 9.55 Å². The van der Waals surface area contributed by atoms with Crippen LogP contribution in [0.3, 0.4) is 0 Å². The van der Waals surface area contributed by atoms with Gasteiger partial charge in [0.1, 0.15) is 0 Å². The number of rotatable bonds is 2. The predicted octanol–water partition coefficient (Wildman–Crippen LogP) is 2.09. The van der Waals surface area contributed by atoms with Crippen molar-refractivity contribution in [2.45, 2.75) is 22.8 Å². The van der Waals surface area contributed by atoms with E-state index in [4.69, 9.17) is 0 Å². The van der Waals surface area contributed by atoms with Crippen LogP contribution in [0.2, 0.25) is 0 Å². The summed E-state index contributed by atoms with van der Waals surface area (Å²) in [5, 5.41) is 10.4. The smallest absolute Gasteiger partial charge is 0.0946 e. The Morgan fingerprint density at radius 1 is 1.38 bits per heavy atom. The highest BCUT2D eigenvalue weighted by Gasteiger charge is 2.31. The molecule has 0 bridgehead atoms. The van der Waals surface area contributed by atoms with E-state index in [9.17, 15) is 5.11 Å². The molecule has 2 atom stereocenters. The van der Waals surface area contributed by atoms with E-state index >= 15 is 0 Å². The van der Waals surface area contributed by atoms with Crippen LogP contribution in [0, 0.1) is 0 Å². The van der Waals surface area contributed by atoms with Crippen LogP contribution in [0.15, 0.2) is 47.9 Å². The molecule has 0 amide bonds. The molecule has 0 radical (unpaired) electrons. The third-order valence-corrected chi connectivity index (χ3v) is 4.15. The number of aliphatic hydroxyl groups excluding tert-OH is 1. The average Bonchev–Trinajstić information content (AvgIpc) is 2.90. The van der Waals surface area contributed by atoms with Crippen LogP contribution < -0.4 is 0 Å². The van der Waals surface area contributed by atoms with Gasteiger partial charge in [-0.2, -0.15) is 0 Å². The van der Waals surface area contributed by atoms with E-state index in [1.54, 1.807) is 24.3 Å². The zero-order valence-electron chi connectivity index (χ0n) is 8.65. The van der Waals surface area contributed by atoms with E-state index in [1.165, 1.54) is 4.90 Å². The summed E-state index contributed by atoms with van der Waals surface area (Å²) in [6.07, 6.45) is 5.11. The lowest BCUT2D eigenvalue weighted by Gasteiger charge is -2.14. The molecule has 3 rings (SSSR count). The maximum atomic E-state index is 10.2. The number of hydrogen-bond acceptors (Lipinski definition) is 3. The summed E-state index contributed by atoms with van der Waals surface area (Å²) in [5.74, 6) is 0. The molecule has 1 aliphatic heterocycles. The first-order valence-corrected chi connectivity index (χ1v) is 6.12. The highest BCUT2D eigenvalue weighted by atomic mass is 32.2. The van der Waals surface area contributed by atoms with Crippen molar-refractivity contribution in [1.29, 1.82) is 0 Å². The van der Waals surface area contributed by atoms with Crippen LogP contribution in [0.1, 0.15) is 11.7 Å². The van der Waals surface area contributed by atoms with Crippen LogP contribution in [-0.2, 0) is 6.54 Å².